The highest BCUT2D eigenvalue weighted by Gasteiger charge is 2.73. The Labute approximate surface area is 303 Å². The summed E-state index contributed by atoms with van der Waals surface area (Å²) in [5.41, 5.74) is 2.06. The molecule has 14 heteroatoms. The Morgan fingerprint density at radius 3 is 1.85 bits per heavy atom. The normalized spacial score (nSPS) is 12.7. The molecule has 0 aliphatic heterocycles. The highest BCUT2D eigenvalue weighted by atomic mass is 19.4. The summed E-state index contributed by atoms with van der Waals surface area (Å²) in [6.45, 7) is 1.68. The Hall–Kier alpha value is -4.20. The van der Waals surface area contributed by atoms with Crippen molar-refractivity contribution in [2.75, 3.05) is 19.8 Å². The van der Waals surface area contributed by atoms with Crippen molar-refractivity contribution in [3.63, 3.8) is 0 Å². The van der Waals surface area contributed by atoms with Crippen LogP contribution in [0.2, 0.25) is 0 Å². The molecule has 292 valence electrons. The van der Waals surface area contributed by atoms with Crippen LogP contribution in [0.25, 0.3) is 11.1 Å². The Kier molecular flexibility index (Phi) is 16.6. The van der Waals surface area contributed by atoms with Crippen molar-refractivity contribution in [1.29, 1.82) is 0 Å². The quantitative estimate of drug-likeness (QED) is 0.0440. The number of halogens is 8. The zero-order valence-electron chi connectivity index (χ0n) is 29.6. The molecule has 0 saturated carbocycles. The van der Waals surface area contributed by atoms with Gasteiger partial charge in [0, 0.05) is 6.61 Å². The molecule has 3 rings (SSSR count). The van der Waals surface area contributed by atoms with Gasteiger partial charge in [0.25, 0.3) is 0 Å². The molecular weight excluding hydrogens is 716 g/mol. The van der Waals surface area contributed by atoms with Crippen LogP contribution in [-0.2, 0) is 9.47 Å². The minimum Gasteiger partial charge on any atom is -0.491 e. The SMILES string of the molecule is CCCCCC[C@H](C)OC(=O)c1ccc(-c2ccc(OC(=O)c3ccc(OCCCCCCCOCC(F)(F)C(F)(F)C(F)(F)F)c(F)c3)cc2)cc1. The molecule has 0 radical (unpaired) electrons. The van der Waals surface area contributed by atoms with Crippen molar-refractivity contribution in [2.45, 2.75) is 102 Å². The van der Waals surface area contributed by atoms with E-state index < -0.39 is 43.0 Å². The number of unbranched alkanes of at least 4 members (excludes halogenated alkanes) is 7. The maximum Gasteiger partial charge on any atom is 0.459 e. The summed E-state index contributed by atoms with van der Waals surface area (Å²) in [4.78, 5) is 25.2. The van der Waals surface area contributed by atoms with Crippen LogP contribution in [0.5, 0.6) is 11.5 Å². The lowest BCUT2D eigenvalue weighted by Crippen LogP contribution is -2.54. The molecule has 0 N–H and O–H groups in total. The summed E-state index contributed by atoms with van der Waals surface area (Å²) < 4.78 is 124. The number of benzene rings is 3. The number of carbonyl (C=O) groups is 2. The summed E-state index contributed by atoms with van der Waals surface area (Å²) in [7, 11) is 0. The molecule has 0 unspecified atom stereocenters. The van der Waals surface area contributed by atoms with E-state index in [0.717, 1.165) is 49.3 Å². The largest absolute Gasteiger partial charge is 0.491 e. The molecule has 0 saturated heterocycles. The van der Waals surface area contributed by atoms with Crippen LogP contribution in [0.1, 0.15) is 98.8 Å². The van der Waals surface area contributed by atoms with Gasteiger partial charge >= 0.3 is 30.0 Å². The fourth-order valence-corrected chi connectivity index (χ4v) is 5.11. The van der Waals surface area contributed by atoms with E-state index in [-0.39, 0.29) is 42.2 Å². The van der Waals surface area contributed by atoms with Gasteiger partial charge in [-0.1, -0.05) is 69.7 Å². The van der Waals surface area contributed by atoms with E-state index in [4.69, 9.17) is 14.2 Å². The first-order chi connectivity index (χ1) is 25.1. The summed E-state index contributed by atoms with van der Waals surface area (Å²) in [6, 6.07) is 17.3. The van der Waals surface area contributed by atoms with Crippen LogP contribution in [0, 0.1) is 5.82 Å². The first kappa shape index (κ1) is 43.2. The lowest BCUT2D eigenvalue weighted by Gasteiger charge is -2.27. The zero-order chi connectivity index (χ0) is 39.1. The fraction of sp³-hybridized carbons (Fsp3) is 0.487. The number of rotatable bonds is 22. The standard InChI is InChI=1S/C39H44F8O6/c1-3-4-5-9-12-27(2)52-35(48)30-15-13-28(14-16-30)29-17-20-32(21-18-29)53-36(49)31-19-22-34(33(40)25-31)51-24-11-8-6-7-10-23-50-26-37(41,42)38(43,44)39(45,46)47/h13-22,25,27H,3-12,23-24,26H2,1-2H3/t27-/m0/s1. The van der Waals surface area contributed by atoms with E-state index in [2.05, 4.69) is 11.7 Å². The van der Waals surface area contributed by atoms with Crippen LogP contribution in [-0.4, -0.2) is 55.9 Å². The van der Waals surface area contributed by atoms with Crippen molar-refractivity contribution in [2.24, 2.45) is 0 Å². The van der Waals surface area contributed by atoms with Gasteiger partial charge in [0.1, 0.15) is 12.4 Å². The lowest BCUT2D eigenvalue weighted by molar-refractivity contribution is -0.361. The Morgan fingerprint density at radius 1 is 0.679 bits per heavy atom. The molecule has 3 aromatic carbocycles. The predicted molar refractivity (Wildman–Crippen MR) is 182 cm³/mol. The van der Waals surface area contributed by atoms with E-state index >= 15 is 0 Å². The number of hydrogen-bond acceptors (Lipinski definition) is 6. The van der Waals surface area contributed by atoms with Gasteiger partial charge in [-0.2, -0.15) is 30.7 Å². The number of ether oxygens (including phenoxy) is 4. The molecule has 53 heavy (non-hydrogen) atoms. The first-order valence-corrected chi connectivity index (χ1v) is 17.5. The molecule has 0 bridgehead atoms. The van der Waals surface area contributed by atoms with E-state index in [1.165, 1.54) is 12.1 Å². The molecule has 3 aromatic rings. The van der Waals surface area contributed by atoms with Gasteiger partial charge in [-0.15, -0.1) is 0 Å². The van der Waals surface area contributed by atoms with Crippen molar-refractivity contribution < 1.29 is 63.7 Å². The molecule has 0 heterocycles. The van der Waals surface area contributed by atoms with E-state index in [9.17, 15) is 44.7 Å². The van der Waals surface area contributed by atoms with Crippen molar-refractivity contribution in [3.8, 4) is 22.6 Å². The highest BCUT2D eigenvalue weighted by molar-refractivity contribution is 5.91. The molecule has 0 amide bonds. The minimum absolute atomic E-state index is 0.0428. The summed E-state index contributed by atoms with van der Waals surface area (Å²) in [5.74, 6) is -13.4. The number of carbonyl (C=O) groups excluding carboxylic acids is 2. The van der Waals surface area contributed by atoms with Gasteiger partial charge in [-0.3, -0.25) is 0 Å². The minimum atomic E-state index is -6.39. The van der Waals surface area contributed by atoms with E-state index in [1.54, 1.807) is 48.5 Å². The van der Waals surface area contributed by atoms with Gasteiger partial charge in [-0.25, -0.2) is 14.0 Å². The molecule has 0 aliphatic rings. The fourth-order valence-electron chi connectivity index (χ4n) is 5.11. The smallest absolute Gasteiger partial charge is 0.459 e. The highest BCUT2D eigenvalue weighted by Crippen LogP contribution is 2.46. The lowest BCUT2D eigenvalue weighted by atomic mass is 10.0. The summed E-state index contributed by atoms with van der Waals surface area (Å²) >= 11 is 0. The van der Waals surface area contributed by atoms with Crippen molar-refractivity contribution in [3.05, 3.63) is 83.7 Å². The molecule has 1 atom stereocenters. The Bertz CT molecular complexity index is 1580. The van der Waals surface area contributed by atoms with E-state index in [1.807, 2.05) is 6.92 Å². The predicted octanol–water partition coefficient (Wildman–Crippen LogP) is 11.4. The van der Waals surface area contributed by atoms with Crippen LogP contribution in [0.4, 0.5) is 35.1 Å². The van der Waals surface area contributed by atoms with Crippen LogP contribution in [0.15, 0.2) is 66.7 Å². The monoisotopic (exact) mass is 760 g/mol. The van der Waals surface area contributed by atoms with Gasteiger partial charge in [-0.05, 0) is 86.2 Å². The number of alkyl halides is 7. The van der Waals surface area contributed by atoms with Crippen molar-refractivity contribution in [1.82, 2.24) is 0 Å². The Balaban J connectivity index is 1.36. The third kappa shape index (κ3) is 13.3. The molecule has 0 spiro atoms. The Morgan fingerprint density at radius 2 is 1.25 bits per heavy atom. The molecular formula is C39H44F8O6. The van der Waals surface area contributed by atoms with Gasteiger partial charge in [0.2, 0.25) is 0 Å². The third-order valence-corrected chi connectivity index (χ3v) is 8.25. The average molecular weight is 761 g/mol. The number of hydrogen-bond donors (Lipinski definition) is 0. The number of esters is 2. The third-order valence-electron chi connectivity index (χ3n) is 8.25. The molecule has 0 fully saturated rings. The van der Waals surface area contributed by atoms with Gasteiger partial charge in [0.15, 0.2) is 11.6 Å². The molecule has 0 aromatic heterocycles. The van der Waals surface area contributed by atoms with Crippen LogP contribution >= 0.6 is 0 Å². The molecule has 0 aliphatic carbocycles. The second-order valence-corrected chi connectivity index (χ2v) is 12.6. The maximum absolute atomic E-state index is 14.6. The topological polar surface area (TPSA) is 71.1 Å². The zero-order valence-corrected chi connectivity index (χ0v) is 29.6. The van der Waals surface area contributed by atoms with Crippen LogP contribution in [0.3, 0.4) is 0 Å². The second-order valence-electron chi connectivity index (χ2n) is 12.6. The average Bonchev–Trinajstić information content (AvgIpc) is 3.11. The van der Waals surface area contributed by atoms with Gasteiger partial charge < -0.3 is 18.9 Å². The van der Waals surface area contributed by atoms with Gasteiger partial charge in [0.05, 0.1) is 23.8 Å². The van der Waals surface area contributed by atoms with E-state index in [0.29, 0.717) is 31.2 Å². The first-order valence-electron chi connectivity index (χ1n) is 17.5. The summed E-state index contributed by atoms with van der Waals surface area (Å²) in [6.07, 6.45) is 0.901. The maximum atomic E-state index is 14.6. The van der Waals surface area contributed by atoms with Crippen LogP contribution < -0.4 is 9.47 Å². The summed E-state index contributed by atoms with van der Waals surface area (Å²) in [5, 5.41) is 0. The van der Waals surface area contributed by atoms with Crippen molar-refractivity contribution >= 4 is 11.9 Å². The molecule has 6 nitrogen and oxygen atoms in total. The second kappa shape index (κ2) is 20.3.